The van der Waals surface area contributed by atoms with E-state index in [0.717, 1.165) is 61.1 Å². The van der Waals surface area contributed by atoms with Gasteiger partial charge in [0.15, 0.2) is 5.60 Å². The lowest BCUT2D eigenvalue weighted by atomic mass is 9.68. The van der Waals surface area contributed by atoms with E-state index in [1.807, 2.05) is 18.2 Å². The third kappa shape index (κ3) is 6.96. The molecule has 1 saturated carbocycles. The lowest BCUT2D eigenvalue weighted by Crippen LogP contribution is -2.50. The van der Waals surface area contributed by atoms with Crippen LogP contribution in [0, 0.1) is 11.8 Å². The maximum Gasteiger partial charge on any atom is 0.343 e. The van der Waals surface area contributed by atoms with Crippen LogP contribution in [0.5, 0.6) is 5.75 Å². The number of rotatable bonds is 5. The lowest BCUT2D eigenvalue weighted by Gasteiger charge is -2.46. The molecule has 254 valence electrons. The summed E-state index contributed by atoms with van der Waals surface area (Å²) in [6.07, 6.45) is 10.6. The normalized spacial score (nSPS) is 30.0. The van der Waals surface area contributed by atoms with E-state index in [9.17, 15) is 14.7 Å². The smallest absolute Gasteiger partial charge is 0.343 e. The second kappa shape index (κ2) is 14.5. The van der Waals surface area contributed by atoms with Crippen molar-refractivity contribution >= 4 is 45.1 Å². The highest BCUT2D eigenvalue weighted by Crippen LogP contribution is 2.48. The van der Waals surface area contributed by atoms with Crippen LogP contribution in [0.15, 0.2) is 48.6 Å². The fraction of sp³-hybridized carbons (Fsp3) is 0.568. The van der Waals surface area contributed by atoms with Gasteiger partial charge in [-0.15, -0.1) is 0 Å². The first-order valence-corrected chi connectivity index (χ1v) is 18.4. The van der Waals surface area contributed by atoms with Crippen LogP contribution in [0.1, 0.15) is 61.6 Å². The van der Waals surface area contributed by atoms with Crippen molar-refractivity contribution in [2.24, 2.45) is 11.8 Å². The molecule has 0 saturated heterocycles. The topological polar surface area (TPSA) is 88.5 Å². The Morgan fingerprint density at radius 2 is 2.06 bits per heavy atom. The molecule has 2 heterocycles. The number of nitrogens with zero attached hydrogens (tertiary/aromatic N) is 2. The molecule has 2 aromatic rings. The van der Waals surface area contributed by atoms with Crippen molar-refractivity contribution < 1.29 is 28.9 Å². The number of aryl methyl sites for hydroxylation is 1. The first kappa shape index (κ1) is 34.3. The van der Waals surface area contributed by atoms with Gasteiger partial charge in [-0.2, -0.15) is 0 Å². The molecule has 10 heteroatoms. The van der Waals surface area contributed by atoms with Crippen LogP contribution in [-0.4, -0.2) is 80.3 Å². The summed E-state index contributed by atoms with van der Waals surface area (Å²) in [6, 6.07) is 11.6. The molecule has 1 fully saturated rings. The van der Waals surface area contributed by atoms with Gasteiger partial charge in [0.1, 0.15) is 5.75 Å². The maximum absolute atomic E-state index is 13.4. The van der Waals surface area contributed by atoms with E-state index in [4.69, 9.17) is 25.8 Å². The van der Waals surface area contributed by atoms with Gasteiger partial charge in [-0.25, -0.2) is 4.79 Å². The van der Waals surface area contributed by atoms with E-state index in [2.05, 4.69) is 45.1 Å². The molecule has 2 aromatic carbocycles. The van der Waals surface area contributed by atoms with Crippen molar-refractivity contribution in [2.75, 3.05) is 57.2 Å². The number of halogens is 2. The molecule has 2 aliphatic carbocycles. The summed E-state index contributed by atoms with van der Waals surface area (Å²) in [4.78, 5) is 30.6. The van der Waals surface area contributed by atoms with Gasteiger partial charge >= 0.3 is 5.97 Å². The fourth-order valence-electron chi connectivity index (χ4n) is 7.94. The number of aliphatic hydroxyl groups is 1. The number of hydrogen-bond donors (Lipinski definition) is 1. The van der Waals surface area contributed by atoms with Crippen molar-refractivity contribution in [3.63, 3.8) is 0 Å². The maximum atomic E-state index is 13.4. The third-order valence-corrected chi connectivity index (χ3v) is 11.6. The zero-order chi connectivity index (χ0) is 33.2. The van der Waals surface area contributed by atoms with E-state index in [-0.39, 0.29) is 17.4 Å². The largest absolute Gasteiger partial charge is 0.490 e. The number of fused-ring (bicyclic) bond motifs is 4. The average Bonchev–Trinajstić information content (AvgIpc) is 3.20. The fourth-order valence-corrected chi connectivity index (χ4v) is 8.37. The molecule has 0 radical (unpaired) electrons. The third-order valence-electron chi connectivity index (χ3n) is 10.8. The molecule has 0 aromatic heterocycles. The predicted molar refractivity (Wildman–Crippen MR) is 187 cm³/mol. The summed E-state index contributed by atoms with van der Waals surface area (Å²) >= 11 is 9.99. The Morgan fingerprint density at radius 1 is 1.21 bits per heavy atom. The van der Waals surface area contributed by atoms with Crippen LogP contribution < -0.4 is 9.64 Å². The number of alkyl halides is 1. The Bertz CT molecular complexity index is 1500. The summed E-state index contributed by atoms with van der Waals surface area (Å²) in [5.41, 5.74) is 1.26. The number of methoxy groups -OCH3 is 1. The Labute approximate surface area is 291 Å². The van der Waals surface area contributed by atoms with Gasteiger partial charge < -0.3 is 29.1 Å². The second-order valence-electron chi connectivity index (χ2n) is 13.7. The van der Waals surface area contributed by atoms with Gasteiger partial charge in [0.05, 0.1) is 31.9 Å². The van der Waals surface area contributed by atoms with Crippen molar-refractivity contribution in [1.29, 1.82) is 0 Å². The van der Waals surface area contributed by atoms with Gasteiger partial charge in [0.25, 0.3) is 0 Å². The van der Waals surface area contributed by atoms with Gasteiger partial charge in [-0.3, -0.25) is 4.79 Å². The summed E-state index contributed by atoms with van der Waals surface area (Å²) in [5, 5.41) is 13.6. The van der Waals surface area contributed by atoms with Gasteiger partial charge in [-0.1, -0.05) is 51.8 Å². The molecule has 4 aliphatic rings. The molecule has 6 rings (SSSR count). The first-order valence-electron chi connectivity index (χ1n) is 16.9. The van der Waals surface area contributed by atoms with Crippen molar-refractivity contribution in [2.45, 2.75) is 68.5 Å². The summed E-state index contributed by atoms with van der Waals surface area (Å²) in [6.45, 7) is 3.13. The molecule has 1 N–H and O–H groups in total. The Hall–Kier alpha value is -2.59. The predicted octanol–water partition coefficient (Wildman–Crippen LogP) is 6.18. The minimum absolute atomic E-state index is 0.00771. The minimum atomic E-state index is -2.15. The standard InChI is InChI=1S/C37H46BrClN2O6/c1-40-17-4-3-8-32(46-18-6-16-38)29-12-9-26(29)22-41-23-36(15-5-7-25-19-28(39)11-13-30(25)36)24-47-33-14-10-27(20-31(33)41)37(44,21-34(40)42)35(43)45-2/h3,8,10-11,13-14,19-20,26,29,32,44H,4-7,9,12,15-18,21-24H2,1-2H3/b8-3+/t26-,29+,32-,36+,37+/m0/s1. The number of ether oxygens (including phenoxy) is 3. The van der Waals surface area contributed by atoms with E-state index >= 15 is 0 Å². The van der Waals surface area contributed by atoms with Crippen LogP contribution in [0.3, 0.4) is 0 Å². The van der Waals surface area contributed by atoms with Gasteiger partial charge in [0, 0.05) is 49.1 Å². The Balaban J connectivity index is 1.44. The first-order chi connectivity index (χ1) is 22.7. The van der Waals surface area contributed by atoms with Crippen molar-refractivity contribution in [1.82, 2.24) is 4.90 Å². The Kier molecular flexibility index (Phi) is 10.6. The van der Waals surface area contributed by atoms with E-state index < -0.39 is 18.0 Å². The quantitative estimate of drug-likeness (QED) is 0.170. The minimum Gasteiger partial charge on any atom is -0.490 e. The molecule has 1 amide bonds. The van der Waals surface area contributed by atoms with E-state index in [0.29, 0.717) is 55.9 Å². The van der Waals surface area contributed by atoms with E-state index in [1.165, 1.54) is 18.2 Å². The lowest BCUT2D eigenvalue weighted by molar-refractivity contribution is -0.168. The van der Waals surface area contributed by atoms with Crippen LogP contribution in [0.4, 0.5) is 5.69 Å². The number of hydrogen-bond acceptors (Lipinski definition) is 7. The molecule has 8 nitrogen and oxygen atoms in total. The molecule has 47 heavy (non-hydrogen) atoms. The van der Waals surface area contributed by atoms with Crippen LogP contribution in [-0.2, 0) is 36.5 Å². The molecule has 5 atom stereocenters. The van der Waals surface area contributed by atoms with E-state index in [1.54, 1.807) is 18.0 Å². The number of amides is 1. The summed E-state index contributed by atoms with van der Waals surface area (Å²) in [5.74, 6) is 0.222. The second-order valence-corrected chi connectivity index (χ2v) is 15.0. The van der Waals surface area contributed by atoms with Crippen molar-refractivity contribution in [3.05, 3.63) is 70.3 Å². The number of esters is 1. The van der Waals surface area contributed by atoms with Gasteiger partial charge in [0.2, 0.25) is 5.91 Å². The molecule has 2 bridgehead atoms. The molecule has 2 aliphatic heterocycles. The number of carbonyl (C=O) groups excluding carboxylic acids is 2. The number of benzene rings is 2. The van der Waals surface area contributed by atoms with Crippen LogP contribution in [0.2, 0.25) is 5.02 Å². The van der Waals surface area contributed by atoms with Crippen LogP contribution >= 0.6 is 27.5 Å². The average molecular weight is 730 g/mol. The van der Waals surface area contributed by atoms with Crippen LogP contribution in [0.25, 0.3) is 0 Å². The molecular formula is C37H46BrClN2O6. The van der Waals surface area contributed by atoms with Crippen molar-refractivity contribution in [3.8, 4) is 5.75 Å². The molecule has 0 unspecified atom stereocenters. The summed E-state index contributed by atoms with van der Waals surface area (Å²) < 4.78 is 18.2. The molecule has 1 spiro atoms. The highest BCUT2D eigenvalue weighted by atomic mass is 79.9. The zero-order valence-electron chi connectivity index (χ0n) is 27.4. The highest BCUT2D eigenvalue weighted by molar-refractivity contribution is 9.09. The number of carbonyl (C=O) groups is 2. The monoisotopic (exact) mass is 728 g/mol. The zero-order valence-corrected chi connectivity index (χ0v) is 29.7. The SMILES string of the molecule is COC(=O)[C@@]1(O)CC(=O)N(C)CC/C=C/[C@H](OCCCBr)[C@@H]2CC[C@H]2CN2C[C@]3(CCCc4cc(Cl)ccc43)COc3ccc1cc32. The highest BCUT2D eigenvalue weighted by Gasteiger charge is 2.46. The Morgan fingerprint density at radius 3 is 2.83 bits per heavy atom. The van der Waals surface area contributed by atoms with Gasteiger partial charge in [-0.05, 0) is 97.7 Å². The number of anilines is 1. The molecular weight excluding hydrogens is 684 g/mol. The summed E-state index contributed by atoms with van der Waals surface area (Å²) in [7, 11) is 2.94.